The van der Waals surface area contributed by atoms with Crippen molar-refractivity contribution in [3.05, 3.63) is 42.0 Å². The Morgan fingerprint density at radius 2 is 2.25 bits per heavy atom. The van der Waals surface area contributed by atoms with Crippen LogP contribution < -0.4 is 10.1 Å². The lowest BCUT2D eigenvalue weighted by Gasteiger charge is -2.07. The number of benzene rings is 1. The number of nitrogens with one attached hydrogen (secondary N) is 1. The van der Waals surface area contributed by atoms with E-state index in [4.69, 9.17) is 9.84 Å². The van der Waals surface area contributed by atoms with Crippen LogP contribution in [0.3, 0.4) is 0 Å². The summed E-state index contributed by atoms with van der Waals surface area (Å²) >= 11 is 0. The molecule has 0 saturated heterocycles. The van der Waals surface area contributed by atoms with Crippen molar-refractivity contribution >= 4 is 5.97 Å². The Balaban J connectivity index is 2.40. The van der Waals surface area contributed by atoms with Crippen LogP contribution in [0.15, 0.2) is 36.4 Å². The molecule has 4 heteroatoms. The van der Waals surface area contributed by atoms with Gasteiger partial charge in [-0.15, -0.1) is 0 Å². The minimum Gasteiger partial charge on any atom is -0.496 e. The smallest absolute Gasteiger partial charge is 0.328 e. The third-order valence-electron chi connectivity index (χ3n) is 2.03. The molecule has 0 unspecified atom stereocenters. The number of ether oxygens (including phenoxy) is 1. The van der Waals surface area contributed by atoms with E-state index >= 15 is 0 Å². The molecule has 0 bridgehead atoms. The van der Waals surface area contributed by atoms with Gasteiger partial charge in [-0.3, -0.25) is 0 Å². The van der Waals surface area contributed by atoms with E-state index in [9.17, 15) is 4.79 Å². The summed E-state index contributed by atoms with van der Waals surface area (Å²) in [6.07, 6.45) is 2.69. The predicted molar refractivity (Wildman–Crippen MR) is 61.5 cm³/mol. The summed E-state index contributed by atoms with van der Waals surface area (Å²) < 4.78 is 5.19. The summed E-state index contributed by atoms with van der Waals surface area (Å²) in [6.45, 7) is 1.17. The number of para-hydroxylation sites is 1. The monoisotopic (exact) mass is 221 g/mol. The maximum Gasteiger partial charge on any atom is 0.328 e. The number of hydrogen-bond donors (Lipinski definition) is 2. The van der Waals surface area contributed by atoms with Gasteiger partial charge in [0.25, 0.3) is 0 Å². The van der Waals surface area contributed by atoms with E-state index in [0.717, 1.165) is 17.4 Å². The Morgan fingerprint density at radius 3 is 2.94 bits per heavy atom. The minimum absolute atomic E-state index is 0.518. The number of methoxy groups -OCH3 is 1. The molecule has 0 atom stereocenters. The Morgan fingerprint density at radius 1 is 1.50 bits per heavy atom. The van der Waals surface area contributed by atoms with Crippen LogP contribution >= 0.6 is 0 Å². The highest BCUT2D eigenvalue weighted by Gasteiger charge is 1.99. The molecule has 0 fully saturated rings. The van der Waals surface area contributed by atoms with Crippen molar-refractivity contribution in [3.8, 4) is 5.75 Å². The molecule has 0 saturated carbocycles. The van der Waals surface area contributed by atoms with Gasteiger partial charge in [-0.05, 0) is 6.07 Å². The molecular formula is C12H15NO3. The molecule has 0 amide bonds. The zero-order chi connectivity index (χ0) is 11.8. The van der Waals surface area contributed by atoms with E-state index in [1.807, 2.05) is 24.3 Å². The lowest BCUT2D eigenvalue weighted by atomic mass is 10.2. The summed E-state index contributed by atoms with van der Waals surface area (Å²) in [5.41, 5.74) is 1.05. The first-order valence-corrected chi connectivity index (χ1v) is 4.96. The molecular weight excluding hydrogens is 206 g/mol. The van der Waals surface area contributed by atoms with Gasteiger partial charge >= 0.3 is 5.97 Å². The quantitative estimate of drug-likeness (QED) is 0.563. The van der Waals surface area contributed by atoms with E-state index in [-0.39, 0.29) is 0 Å². The number of hydrogen-bond acceptors (Lipinski definition) is 3. The number of carboxylic acid groups (broad SMARTS) is 1. The second-order valence-corrected chi connectivity index (χ2v) is 3.18. The van der Waals surface area contributed by atoms with Crippen molar-refractivity contribution in [2.24, 2.45) is 0 Å². The third kappa shape index (κ3) is 4.14. The predicted octanol–water partition coefficient (Wildman–Crippen LogP) is 1.43. The van der Waals surface area contributed by atoms with Crippen LogP contribution in [0.1, 0.15) is 5.56 Å². The summed E-state index contributed by atoms with van der Waals surface area (Å²) in [6, 6.07) is 7.70. The minimum atomic E-state index is -0.931. The lowest BCUT2D eigenvalue weighted by Crippen LogP contribution is -2.13. The first-order valence-electron chi connectivity index (χ1n) is 4.96. The van der Waals surface area contributed by atoms with Gasteiger partial charge in [0.05, 0.1) is 7.11 Å². The van der Waals surface area contributed by atoms with Crippen LogP contribution in [0.4, 0.5) is 0 Å². The van der Waals surface area contributed by atoms with Gasteiger partial charge < -0.3 is 15.2 Å². The number of carboxylic acids is 1. The molecule has 2 N–H and O–H groups in total. The highest BCUT2D eigenvalue weighted by Crippen LogP contribution is 2.16. The lowest BCUT2D eigenvalue weighted by molar-refractivity contribution is -0.131. The molecule has 0 aromatic heterocycles. The Hall–Kier alpha value is -1.81. The van der Waals surface area contributed by atoms with Gasteiger partial charge in [0.2, 0.25) is 0 Å². The Kier molecular flexibility index (Phi) is 5.08. The second kappa shape index (κ2) is 6.63. The van der Waals surface area contributed by atoms with Crippen LogP contribution in [0.2, 0.25) is 0 Å². The maximum atomic E-state index is 10.2. The van der Waals surface area contributed by atoms with E-state index in [2.05, 4.69) is 5.32 Å². The third-order valence-corrected chi connectivity index (χ3v) is 2.03. The summed E-state index contributed by atoms with van der Waals surface area (Å²) in [5, 5.41) is 11.5. The Bertz CT molecular complexity index is 374. The maximum absolute atomic E-state index is 10.2. The van der Waals surface area contributed by atoms with E-state index in [1.165, 1.54) is 0 Å². The first kappa shape index (κ1) is 12.3. The largest absolute Gasteiger partial charge is 0.496 e. The molecule has 0 radical (unpaired) electrons. The van der Waals surface area contributed by atoms with Crippen molar-refractivity contribution in [1.82, 2.24) is 5.32 Å². The molecule has 0 spiro atoms. The van der Waals surface area contributed by atoms with Crippen LogP contribution in [-0.2, 0) is 11.3 Å². The van der Waals surface area contributed by atoms with Crippen LogP contribution in [0.25, 0.3) is 0 Å². The van der Waals surface area contributed by atoms with Crippen LogP contribution in [-0.4, -0.2) is 24.7 Å². The molecule has 16 heavy (non-hydrogen) atoms. The first-order chi connectivity index (χ1) is 7.74. The zero-order valence-electron chi connectivity index (χ0n) is 9.14. The molecule has 0 aliphatic heterocycles. The van der Waals surface area contributed by atoms with Crippen molar-refractivity contribution < 1.29 is 14.6 Å². The van der Waals surface area contributed by atoms with Gasteiger partial charge in [0.1, 0.15) is 5.75 Å². The van der Waals surface area contributed by atoms with Gasteiger partial charge in [0, 0.05) is 24.7 Å². The van der Waals surface area contributed by atoms with E-state index in [1.54, 1.807) is 13.2 Å². The fourth-order valence-electron chi connectivity index (χ4n) is 1.30. The summed E-state index contributed by atoms with van der Waals surface area (Å²) in [7, 11) is 1.63. The number of carbonyl (C=O) groups is 1. The molecule has 0 heterocycles. The van der Waals surface area contributed by atoms with E-state index < -0.39 is 5.97 Å². The van der Waals surface area contributed by atoms with Crippen molar-refractivity contribution in [3.63, 3.8) is 0 Å². The van der Waals surface area contributed by atoms with Crippen molar-refractivity contribution in [2.45, 2.75) is 6.54 Å². The fraction of sp³-hybridized carbons (Fsp3) is 0.250. The van der Waals surface area contributed by atoms with Gasteiger partial charge in [0.15, 0.2) is 0 Å². The zero-order valence-corrected chi connectivity index (χ0v) is 9.14. The highest BCUT2D eigenvalue weighted by molar-refractivity contribution is 5.79. The average Bonchev–Trinajstić information content (AvgIpc) is 2.29. The molecule has 0 aliphatic carbocycles. The standard InChI is InChI=1S/C12H15NO3/c1-16-11-6-3-2-5-10(11)9-13-8-4-7-12(14)15/h2-7,13H,8-9H2,1H3,(H,14,15)/b7-4+. The SMILES string of the molecule is COc1ccccc1CNC/C=C/C(=O)O. The highest BCUT2D eigenvalue weighted by atomic mass is 16.5. The second-order valence-electron chi connectivity index (χ2n) is 3.18. The average molecular weight is 221 g/mol. The normalized spacial score (nSPS) is 10.6. The Labute approximate surface area is 94.6 Å². The van der Waals surface area contributed by atoms with Gasteiger partial charge in [-0.2, -0.15) is 0 Å². The molecule has 1 aromatic carbocycles. The topological polar surface area (TPSA) is 58.6 Å². The summed E-state index contributed by atoms with van der Waals surface area (Å²) in [5.74, 6) is -0.101. The molecule has 1 aromatic rings. The van der Waals surface area contributed by atoms with Gasteiger partial charge in [-0.25, -0.2) is 4.79 Å². The molecule has 1 rings (SSSR count). The number of rotatable bonds is 6. The number of aliphatic carboxylic acids is 1. The van der Waals surface area contributed by atoms with Crippen molar-refractivity contribution in [2.75, 3.05) is 13.7 Å². The summed E-state index contributed by atoms with van der Waals surface area (Å²) in [4.78, 5) is 10.2. The van der Waals surface area contributed by atoms with Crippen LogP contribution in [0.5, 0.6) is 5.75 Å². The fourth-order valence-corrected chi connectivity index (χ4v) is 1.30. The molecule has 86 valence electrons. The molecule has 4 nitrogen and oxygen atoms in total. The van der Waals surface area contributed by atoms with Crippen molar-refractivity contribution in [1.29, 1.82) is 0 Å². The van der Waals surface area contributed by atoms with Gasteiger partial charge in [-0.1, -0.05) is 24.3 Å². The van der Waals surface area contributed by atoms with Crippen LogP contribution in [0, 0.1) is 0 Å². The molecule has 0 aliphatic rings. The van der Waals surface area contributed by atoms with E-state index in [0.29, 0.717) is 13.1 Å².